The minimum atomic E-state index is -1.51. The highest BCUT2D eigenvalue weighted by Gasteiger charge is 2.12. The van der Waals surface area contributed by atoms with E-state index < -0.39 is 17.5 Å². The fourth-order valence-electron chi connectivity index (χ4n) is 2.93. The molecule has 2 aromatic carbocycles. The summed E-state index contributed by atoms with van der Waals surface area (Å²) in [6.45, 7) is 1.86. The maximum atomic E-state index is 13.4. The highest BCUT2D eigenvalue weighted by Crippen LogP contribution is 2.21. The predicted octanol–water partition coefficient (Wildman–Crippen LogP) is 3.85. The fraction of sp³-hybridized carbons (Fsp3) is 0.100. The molecule has 0 saturated heterocycles. The molecule has 4 aromatic rings. The van der Waals surface area contributed by atoms with Crippen LogP contribution in [0.3, 0.4) is 0 Å². The van der Waals surface area contributed by atoms with Gasteiger partial charge in [-0.25, -0.2) is 27.8 Å². The first-order valence-electron chi connectivity index (χ1n) is 8.78. The number of benzene rings is 2. The summed E-state index contributed by atoms with van der Waals surface area (Å²) in [6, 6.07) is 9.13. The Labute approximate surface area is 169 Å². The first kappa shape index (κ1) is 19.2. The largest absolute Gasteiger partial charge is 0.323 e. The van der Waals surface area contributed by atoms with Crippen molar-refractivity contribution >= 4 is 11.6 Å². The SMILES string of the molecule is Cc1cn(-c2ccc(Nc3ncn(Cc4cc(F)c(F)c(F)c4)n3)cc2C#N)cn1. The van der Waals surface area contributed by atoms with E-state index in [9.17, 15) is 18.4 Å². The molecule has 0 aliphatic carbocycles. The van der Waals surface area contributed by atoms with Crippen LogP contribution in [0.2, 0.25) is 0 Å². The van der Waals surface area contributed by atoms with Crippen LogP contribution in [-0.4, -0.2) is 24.3 Å². The standard InChI is InChI=1S/C20H14F3N7/c1-12-8-29(10-25-12)18-3-2-15(6-14(18)7-24)27-20-26-11-30(28-20)9-13-4-16(21)19(23)17(22)5-13/h2-6,8,10-11H,9H2,1H3,(H,27,28). The molecule has 2 heterocycles. The zero-order valence-corrected chi connectivity index (χ0v) is 15.6. The number of hydrogen-bond donors (Lipinski definition) is 1. The number of nitrogens with one attached hydrogen (secondary N) is 1. The van der Waals surface area contributed by atoms with Crippen LogP contribution in [-0.2, 0) is 6.54 Å². The number of nitrogens with zero attached hydrogens (tertiary/aromatic N) is 6. The Hall–Kier alpha value is -4.13. The van der Waals surface area contributed by atoms with Gasteiger partial charge in [0.25, 0.3) is 0 Å². The van der Waals surface area contributed by atoms with Crippen molar-refractivity contribution in [1.82, 2.24) is 24.3 Å². The second kappa shape index (κ2) is 7.71. The van der Waals surface area contributed by atoms with Crippen molar-refractivity contribution in [3.05, 3.63) is 83.5 Å². The third kappa shape index (κ3) is 3.86. The summed E-state index contributed by atoms with van der Waals surface area (Å²) in [4.78, 5) is 8.25. The lowest BCUT2D eigenvalue weighted by Crippen LogP contribution is -2.04. The van der Waals surface area contributed by atoms with Crippen LogP contribution in [0.15, 0.2) is 49.2 Å². The Balaban J connectivity index is 1.52. The topological polar surface area (TPSA) is 84.4 Å². The van der Waals surface area contributed by atoms with Crippen molar-refractivity contribution in [3.8, 4) is 11.8 Å². The Kier molecular flexibility index (Phi) is 4.93. The molecule has 2 aromatic heterocycles. The highest BCUT2D eigenvalue weighted by atomic mass is 19.2. The first-order chi connectivity index (χ1) is 14.4. The monoisotopic (exact) mass is 409 g/mol. The summed E-state index contributed by atoms with van der Waals surface area (Å²) >= 11 is 0. The molecule has 1 N–H and O–H groups in total. The van der Waals surface area contributed by atoms with Gasteiger partial charge in [-0.15, -0.1) is 5.10 Å². The van der Waals surface area contributed by atoms with E-state index in [4.69, 9.17) is 0 Å². The lowest BCUT2D eigenvalue weighted by molar-refractivity contribution is 0.444. The Morgan fingerprint density at radius 2 is 1.83 bits per heavy atom. The van der Waals surface area contributed by atoms with Crippen LogP contribution in [0.4, 0.5) is 24.8 Å². The van der Waals surface area contributed by atoms with Gasteiger partial charge >= 0.3 is 0 Å². The van der Waals surface area contributed by atoms with Crippen molar-refractivity contribution < 1.29 is 13.2 Å². The van der Waals surface area contributed by atoms with E-state index >= 15 is 0 Å². The molecule has 0 aliphatic rings. The molecule has 0 unspecified atom stereocenters. The minimum absolute atomic E-state index is 0.00512. The van der Waals surface area contributed by atoms with E-state index in [2.05, 4.69) is 26.5 Å². The van der Waals surface area contributed by atoms with Gasteiger partial charge < -0.3 is 9.88 Å². The summed E-state index contributed by atoms with van der Waals surface area (Å²) in [5, 5.41) is 16.6. The van der Waals surface area contributed by atoms with E-state index in [1.807, 2.05) is 13.1 Å². The number of halogens is 3. The Bertz CT molecular complexity index is 1250. The molecule has 30 heavy (non-hydrogen) atoms. The number of nitriles is 1. The maximum absolute atomic E-state index is 13.4. The average Bonchev–Trinajstić information content (AvgIpc) is 3.34. The van der Waals surface area contributed by atoms with Gasteiger partial charge in [0.1, 0.15) is 12.4 Å². The number of rotatable bonds is 5. The number of hydrogen-bond acceptors (Lipinski definition) is 5. The van der Waals surface area contributed by atoms with Gasteiger partial charge in [-0.2, -0.15) is 5.26 Å². The summed E-state index contributed by atoms with van der Waals surface area (Å²) in [7, 11) is 0. The molecule has 150 valence electrons. The van der Waals surface area contributed by atoms with Gasteiger partial charge in [0, 0.05) is 11.9 Å². The van der Waals surface area contributed by atoms with Crippen molar-refractivity contribution in [2.24, 2.45) is 0 Å². The summed E-state index contributed by atoms with van der Waals surface area (Å²) in [5.41, 5.74) is 2.73. The van der Waals surface area contributed by atoms with Crippen LogP contribution in [0.5, 0.6) is 0 Å². The van der Waals surface area contributed by atoms with Gasteiger partial charge in [-0.1, -0.05) is 0 Å². The van der Waals surface area contributed by atoms with Crippen molar-refractivity contribution in [1.29, 1.82) is 5.26 Å². The normalized spacial score (nSPS) is 10.8. The fourth-order valence-corrected chi connectivity index (χ4v) is 2.93. The van der Waals surface area contributed by atoms with E-state index in [0.29, 0.717) is 16.9 Å². The average molecular weight is 409 g/mol. The van der Waals surface area contributed by atoms with Crippen LogP contribution in [0.25, 0.3) is 5.69 Å². The Morgan fingerprint density at radius 1 is 1.07 bits per heavy atom. The van der Waals surface area contributed by atoms with Crippen LogP contribution in [0, 0.1) is 35.7 Å². The zero-order chi connectivity index (χ0) is 21.3. The molecule has 0 radical (unpaired) electrons. The number of imidazole rings is 1. The summed E-state index contributed by atoms with van der Waals surface area (Å²) in [6.07, 6.45) is 4.81. The second-order valence-electron chi connectivity index (χ2n) is 6.53. The molecule has 0 spiro atoms. The lowest BCUT2D eigenvalue weighted by Gasteiger charge is -2.08. The summed E-state index contributed by atoms with van der Waals surface area (Å²) in [5.74, 6) is -3.81. The van der Waals surface area contributed by atoms with Crippen molar-refractivity contribution in [2.75, 3.05) is 5.32 Å². The number of aromatic nitrogens is 5. The molecule has 7 nitrogen and oxygen atoms in total. The lowest BCUT2D eigenvalue weighted by atomic mass is 10.1. The third-order valence-corrected chi connectivity index (χ3v) is 4.29. The van der Waals surface area contributed by atoms with Gasteiger partial charge in [-0.05, 0) is 42.8 Å². The van der Waals surface area contributed by atoms with Gasteiger partial charge in [0.05, 0.1) is 29.8 Å². The highest BCUT2D eigenvalue weighted by molar-refractivity contribution is 5.62. The first-order valence-corrected chi connectivity index (χ1v) is 8.78. The molecule has 0 atom stereocenters. The van der Waals surface area contributed by atoms with Gasteiger partial charge in [-0.3, -0.25) is 0 Å². The van der Waals surface area contributed by atoms with E-state index in [1.165, 1.54) is 11.0 Å². The zero-order valence-electron chi connectivity index (χ0n) is 15.6. The number of aryl methyl sites for hydroxylation is 1. The molecular formula is C20H14F3N7. The molecule has 0 amide bonds. The van der Waals surface area contributed by atoms with Crippen LogP contribution >= 0.6 is 0 Å². The number of anilines is 2. The molecule has 0 saturated carbocycles. The molecule has 4 rings (SSSR count). The second-order valence-corrected chi connectivity index (χ2v) is 6.53. The molecular weight excluding hydrogens is 395 g/mol. The van der Waals surface area contributed by atoms with Crippen LogP contribution < -0.4 is 5.32 Å². The smallest absolute Gasteiger partial charge is 0.246 e. The van der Waals surface area contributed by atoms with Crippen molar-refractivity contribution in [2.45, 2.75) is 13.5 Å². The van der Waals surface area contributed by atoms with Crippen LogP contribution in [0.1, 0.15) is 16.8 Å². The molecule has 0 aliphatic heterocycles. The summed E-state index contributed by atoms with van der Waals surface area (Å²) < 4.78 is 42.9. The predicted molar refractivity (Wildman–Crippen MR) is 102 cm³/mol. The van der Waals surface area contributed by atoms with E-state index in [0.717, 1.165) is 17.8 Å². The van der Waals surface area contributed by atoms with E-state index in [1.54, 1.807) is 29.1 Å². The molecule has 0 fully saturated rings. The quantitative estimate of drug-likeness (QED) is 0.506. The van der Waals surface area contributed by atoms with Gasteiger partial charge in [0.15, 0.2) is 17.5 Å². The van der Waals surface area contributed by atoms with E-state index in [-0.39, 0.29) is 18.1 Å². The Morgan fingerprint density at radius 3 is 2.50 bits per heavy atom. The maximum Gasteiger partial charge on any atom is 0.246 e. The minimum Gasteiger partial charge on any atom is -0.323 e. The third-order valence-electron chi connectivity index (χ3n) is 4.29. The van der Waals surface area contributed by atoms with Crippen molar-refractivity contribution in [3.63, 3.8) is 0 Å². The van der Waals surface area contributed by atoms with Gasteiger partial charge in [0.2, 0.25) is 5.95 Å². The molecule has 0 bridgehead atoms. The molecule has 10 heteroatoms.